The summed E-state index contributed by atoms with van der Waals surface area (Å²) in [5.41, 5.74) is 0.587. The zero-order chi connectivity index (χ0) is 23.7. The van der Waals surface area contributed by atoms with Crippen molar-refractivity contribution in [1.82, 2.24) is 0 Å². The summed E-state index contributed by atoms with van der Waals surface area (Å²) in [6, 6.07) is 13.7. The minimum absolute atomic E-state index is 0.169. The monoisotopic (exact) mass is 451 g/mol. The largest absolute Gasteiger partial charge is 0.507 e. The lowest BCUT2D eigenvalue weighted by Crippen LogP contribution is -2.29. The number of carbonyl (C=O) groups excluding carboxylic acids is 2. The van der Waals surface area contributed by atoms with Crippen molar-refractivity contribution in [2.24, 2.45) is 0 Å². The number of anilines is 1. The zero-order valence-corrected chi connectivity index (χ0v) is 17.7. The van der Waals surface area contributed by atoms with Gasteiger partial charge in [-0.1, -0.05) is 12.1 Å². The molecule has 1 heterocycles. The van der Waals surface area contributed by atoms with Crippen LogP contribution in [0, 0.1) is 11.6 Å². The molecule has 4 rings (SSSR count). The second kappa shape index (κ2) is 8.74. The summed E-state index contributed by atoms with van der Waals surface area (Å²) in [7, 11) is 2.86. The summed E-state index contributed by atoms with van der Waals surface area (Å²) in [5.74, 6) is -2.66. The molecule has 1 N–H and O–H groups in total. The second-order valence-corrected chi connectivity index (χ2v) is 7.26. The number of nitrogens with zero attached hydrogens (tertiary/aromatic N) is 1. The van der Waals surface area contributed by atoms with E-state index in [1.165, 1.54) is 62.8 Å². The molecule has 0 aliphatic carbocycles. The molecule has 33 heavy (non-hydrogen) atoms. The Bertz CT molecular complexity index is 1250. The molecule has 6 nitrogen and oxygen atoms in total. The number of hydrogen-bond acceptors (Lipinski definition) is 5. The normalized spacial score (nSPS) is 17.3. The van der Waals surface area contributed by atoms with E-state index in [1.807, 2.05) is 0 Å². The molecule has 8 heteroatoms. The van der Waals surface area contributed by atoms with Crippen LogP contribution in [0.25, 0.3) is 5.76 Å². The van der Waals surface area contributed by atoms with Gasteiger partial charge in [0, 0.05) is 11.8 Å². The fourth-order valence-electron chi connectivity index (χ4n) is 3.80. The van der Waals surface area contributed by atoms with Gasteiger partial charge >= 0.3 is 0 Å². The van der Waals surface area contributed by atoms with Crippen molar-refractivity contribution in [3.63, 3.8) is 0 Å². The molecular formula is C25H19F2NO5. The highest BCUT2D eigenvalue weighted by Crippen LogP contribution is 2.43. The smallest absolute Gasteiger partial charge is 0.300 e. The number of carbonyl (C=O) groups is 2. The second-order valence-electron chi connectivity index (χ2n) is 7.26. The van der Waals surface area contributed by atoms with Crippen molar-refractivity contribution in [1.29, 1.82) is 0 Å². The third kappa shape index (κ3) is 3.91. The highest BCUT2D eigenvalue weighted by Gasteiger charge is 2.47. The number of benzene rings is 3. The average Bonchev–Trinajstić information content (AvgIpc) is 3.09. The third-order valence-electron chi connectivity index (χ3n) is 5.40. The van der Waals surface area contributed by atoms with E-state index in [4.69, 9.17) is 9.47 Å². The molecule has 1 saturated heterocycles. The topological polar surface area (TPSA) is 76.1 Å². The maximum absolute atomic E-state index is 13.6. The van der Waals surface area contributed by atoms with Gasteiger partial charge in [0.15, 0.2) is 0 Å². The van der Waals surface area contributed by atoms with Crippen LogP contribution >= 0.6 is 0 Å². The Morgan fingerprint density at radius 1 is 0.879 bits per heavy atom. The van der Waals surface area contributed by atoms with Crippen LogP contribution in [0.5, 0.6) is 11.5 Å². The van der Waals surface area contributed by atoms with Crippen LogP contribution in [0.3, 0.4) is 0 Å². The lowest BCUT2D eigenvalue weighted by Gasteiger charge is -2.25. The first-order chi connectivity index (χ1) is 15.8. The first-order valence-corrected chi connectivity index (χ1v) is 9.90. The molecule has 1 fully saturated rings. The number of amides is 1. The van der Waals surface area contributed by atoms with Crippen molar-refractivity contribution < 1.29 is 33.0 Å². The van der Waals surface area contributed by atoms with Gasteiger partial charge in [0.05, 0.1) is 31.4 Å². The molecule has 0 bridgehead atoms. The molecule has 0 aromatic heterocycles. The molecule has 1 aliphatic rings. The lowest BCUT2D eigenvalue weighted by molar-refractivity contribution is -0.132. The van der Waals surface area contributed by atoms with Crippen LogP contribution in [0.1, 0.15) is 17.2 Å². The van der Waals surface area contributed by atoms with E-state index in [-0.39, 0.29) is 22.6 Å². The number of aliphatic hydroxyl groups excluding tert-OH is 1. The van der Waals surface area contributed by atoms with Crippen molar-refractivity contribution in [2.45, 2.75) is 6.04 Å². The minimum Gasteiger partial charge on any atom is -0.507 e. The van der Waals surface area contributed by atoms with E-state index in [2.05, 4.69) is 0 Å². The van der Waals surface area contributed by atoms with Gasteiger partial charge in [-0.2, -0.15) is 0 Å². The molecule has 1 amide bonds. The van der Waals surface area contributed by atoms with E-state index < -0.39 is 35.1 Å². The summed E-state index contributed by atoms with van der Waals surface area (Å²) in [6.07, 6.45) is 0. The van der Waals surface area contributed by atoms with E-state index in [1.54, 1.807) is 6.07 Å². The number of aliphatic hydroxyl groups is 1. The fraction of sp³-hybridized carbons (Fsp3) is 0.120. The van der Waals surface area contributed by atoms with Crippen molar-refractivity contribution >= 4 is 23.1 Å². The van der Waals surface area contributed by atoms with Gasteiger partial charge in [0.25, 0.3) is 11.7 Å². The Balaban J connectivity index is 1.95. The lowest BCUT2D eigenvalue weighted by atomic mass is 9.94. The first-order valence-electron chi connectivity index (χ1n) is 9.90. The van der Waals surface area contributed by atoms with Crippen molar-refractivity contribution in [3.8, 4) is 11.5 Å². The van der Waals surface area contributed by atoms with Crippen molar-refractivity contribution in [3.05, 3.63) is 95.1 Å². The van der Waals surface area contributed by atoms with E-state index in [9.17, 15) is 23.5 Å². The van der Waals surface area contributed by atoms with Gasteiger partial charge in [-0.05, 0) is 54.1 Å². The number of rotatable bonds is 5. The SMILES string of the molecule is COc1ccc(/C(O)=C2/C(=O)C(=O)N(c3ccc(F)cc3)C2c2ccc(F)cc2)c(OC)c1. The Morgan fingerprint density at radius 2 is 1.48 bits per heavy atom. The zero-order valence-electron chi connectivity index (χ0n) is 17.7. The molecule has 3 aromatic carbocycles. The van der Waals surface area contributed by atoms with Gasteiger partial charge in [-0.15, -0.1) is 0 Å². The quantitative estimate of drug-likeness (QED) is 0.348. The van der Waals surface area contributed by atoms with Crippen LogP contribution in [0.2, 0.25) is 0 Å². The van der Waals surface area contributed by atoms with Crippen LogP contribution < -0.4 is 14.4 Å². The molecule has 168 valence electrons. The van der Waals surface area contributed by atoms with E-state index in [0.717, 1.165) is 17.0 Å². The van der Waals surface area contributed by atoms with Crippen LogP contribution in [-0.2, 0) is 9.59 Å². The van der Waals surface area contributed by atoms with Crippen molar-refractivity contribution in [2.75, 3.05) is 19.1 Å². The standard InChI is InChI=1S/C25H19F2NO5/c1-32-18-11-12-19(20(13-18)33-2)23(29)21-22(14-3-5-15(26)6-4-14)28(25(31)24(21)30)17-9-7-16(27)8-10-17/h3-13,22,29H,1-2H3/b23-21-. The van der Waals surface area contributed by atoms with Gasteiger partial charge in [0.1, 0.15) is 28.9 Å². The number of hydrogen-bond donors (Lipinski definition) is 1. The van der Waals surface area contributed by atoms with Crippen LogP contribution in [0.15, 0.2) is 72.3 Å². The molecule has 0 spiro atoms. The summed E-state index contributed by atoms with van der Waals surface area (Å²) < 4.78 is 37.6. The first kappa shape index (κ1) is 22.0. The Morgan fingerprint density at radius 3 is 2.06 bits per heavy atom. The fourth-order valence-corrected chi connectivity index (χ4v) is 3.80. The predicted octanol–water partition coefficient (Wildman–Crippen LogP) is 4.61. The Hall–Kier alpha value is -4.20. The Kier molecular flexibility index (Phi) is 5.83. The minimum atomic E-state index is -1.08. The number of halogens is 2. The van der Waals surface area contributed by atoms with Gasteiger partial charge in [-0.3, -0.25) is 14.5 Å². The van der Waals surface area contributed by atoms with E-state index in [0.29, 0.717) is 11.3 Å². The summed E-state index contributed by atoms with van der Waals surface area (Å²) in [5, 5.41) is 11.2. The number of methoxy groups -OCH3 is 2. The van der Waals surface area contributed by atoms with Gasteiger partial charge < -0.3 is 14.6 Å². The Labute approximate surface area is 188 Å². The molecular weight excluding hydrogens is 432 g/mol. The predicted molar refractivity (Wildman–Crippen MR) is 117 cm³/mol. The molecule has 3 aromatic rings. The average molecular weight is 451 g/mol. The third-order valence-corrected chi connectivity index (χ3v) is 5.40. The molecule has 1 unspecified atom stereocenters. The van der Waals surface area contributed by atoms with Crippen LogP contribution in [-0.4, -0.2) is 31.0 Å². The maximum Gasteiger partial charge on any atom is 0.300 e. The molecule has 0 saturated carbocycles. The molecule has 1 aliphatic heterocycles. The number of ether oxygens (including phenoxy) is 2. The van der Waals surface area contributed by atoms with Gasteiger partial charge in [0.2, 0.25) is 0 Å². The highest BCUT2D eigenvalue weighted by atomic mass is 19.1. The molecule has 0 radical (unpaired) electrons. The van der Waals surface area contributed by atoms with E-state index >= 15 is 0 Å². The maximum atomic E-state index is 13.6. The summed E-state index contributed by atoms with van der Waals surface area (Å²) in [6.45, 7) is 0. The van der Waals surface area contributed by atoms with Gasteiger partial charge in [-0.25, -0.2) is 8.78 Å². The number of Topliss-reactive ketones (excluding diaryl/α,β-unsaturated/α-hetero) is 1. The highest BCUT2D eigenvalue weighted by molar-refractivity contribution is 6.51. The summed E-state index contributed by atoms with van der Waals surface area (Å²) in [4.78, 5) is 27.3. The van der Waals surface area contributed by atoms with Crippen LogP contribution in [0.4, 0.5) is 14.5 Å². The summed E-state index contributed by atoms with van der Waals surface area (Å²) >= 11 is 0. The molecule has 1 atom stereocenters. The number of ketones is 1.